The van der Waals surface area contributed by atoms with Crippen molar-refractivity contribution >= 4 is 37.5 Å². The van der Waals surface area contributed by atoms with E-state index < -0.39 is 67.8 Å². The number of cyclic esters (lactones) is 1. The van der Waals surface area contributed by atoms with Crippen LogP contribution in [0, 0.1) is 41.4 Å². The number of carbonyl (C=O) groups excluding carboxylic acids is 5. The molecule has 1 saturated carbocycles. The van der Waals surface area contributed by atoms with Crippen LogP contribution < -0.4 is 0 Å². The fourth-order valence-corrected chi connectivity index (χ4v) is 11.8. The van der Waals surface area contributed by atoms with Crippen molar-refractivity contribution in [2.24, 2.45) is 41.4 Å². The van der Waals surface area contributed by atoms with Crippen molar-refractivity contribution < 1.29 is 57.2 Å². The van der Waals surface area contributed by atoms with Gasteiger partial charge in [-0.1, -0.05) is 76.6 Å². The van der Waals surface area contributed by atoms with Crippen LogP contribution in [0.3, 0.4) is 0 Å². The van der Waals surface area contributed by atoms with E-state index in [-0.39, 0.29) is 73.1 Å². The standard InChI is InChI=1S/C54H87NO12Si/c1-34-18-15-14-16-19-36(3)46(62-8)31-43-23-21-40(7)54(61,66-43)51(58)52(59)55-25-17-20-42(33-55)53(60)65-47(38(5)29-41-22-24-45(48(30-41)63-9)67-68(11,12)13)32-44(56)37(4)27-35(2)28-49(64-10)50(57)39(6)26-34/h14-16,18-19,27,34,37-43,45-49,61H,17,20-26,28-33H2,1-13H3/b16-14+,18-15+,35-27+,36-19?/t34-,37-,38-,39-,40-,41+,42?,43+,45-,46+,47+,48-,49-,54-/m1/s1. The van der Waals surface area contributed by atoms with E-state index in [9.17, 15) is 29.1 Å². The highest BCUT2D eigenvalue weighted by atomic mass is 28.4. The minimum absolute atomic E-state index is 0.0126. The van der Waals surface area contributed by atoms with E-state index in [2.05, 4.69) is 32.6 Å². The number of methoxy groups -OCH3 is 3. The molecule has 1 amide bonds. The fraction of sp³-hybridized carbons (Fsp3) is 0.759. The second-order valence-electron chi connectivity index (χ2n) is 21.8. The molecule has 2 saturated heterocycles. The van der Waals surface area contributed by atoms with E-state index in [1.807, 2.05) is 65.0 Å². The highest BCUT2D eigenvalue weighted by Gasteiger charge is 2.52. The summed E-state index contributed by atoms with van der Waals surface area (Å²) in [5.41, 5.74) is 1.78. The van der Waals surface area contributed by atoms with Crippen molar-refractivity contribution in [3.8, 4) is 0 Å². The van der Waals surface area contributed by atoms with Crippen LogP contribution in [0.5, 0.6) is 0 Å². The smallest absolute Gasteiger partial charge is 0.311 e. The third-order valence-corrected chi connectivity index (χ3v) is 15.8. The van der Waals surface area contributed by atoms with Crippen LogP contribution in [0.25, 0.3) is 0 Å². The molecule has 4 bridgehead atoms. The summed E-state index contributed by atoms with van der Waals surface area (Å²) in [6.07, 6.45) is 15.8. The number of carbonyl (C=O) groups is 5. The maximum atomic E-state index is 14.3. The molecule has 68 heavy (non-hydrogen) atoms. The number of esters is 1. The molecular formula is C54H87NO12Si. The Labute approximate surface area is 409 Å². The zero-order valence-corrected chi connectivity index (χ0v) is 44.8. The molecule has 0 radical (unpaired) electrons. The summed E-state index contributed by atoms with van der Waals surface area (Å²) < 4.78 is 36.6. The molecule has 14 heteroatoms. The summed E-state index contributed by atoms with van der Waals surface area (Å²) >= 11 is 0. The average molecular weight is 970 g/mol. The number of Topliss-reactive ketones (excluding diaryl/α,β-unsaturated/α-hetero) is 3. The summed E-state index contributed by atoms with van der Waals surface area (Å²) in [5, 5.41) is 11.9. The second kappa shape index (κ2) is 26.4. The molecule has 1 N–H and O–H groups in total. The first-order valence-electron chi connectivity index (χ1n) is 25.5. The van der Waals surface area contributed by atoms with Gasteiger partial charge in [0.05, 0.1) is 30.3 Å². The van der Waals surface area contributed by atoms with Crippen LogP contribution in [-0.4, -0.2) is 124 Å². The predicted molar refractivity (Wildman–Crippen MR) is 266 cm³/mol. The van der Waals surface area contributed by atoms with Crippen LogP contribution in [0.1, 0.15) is 126 Å². The molecule has 1 aliphatic carbocycles. The molecule has 0 aromatic heterocycles. The predicted octanol–water partition coefficient (Wildman–Crippen LogP) is 8.93. The Morgan fingerprint density at radius 3 is 2.21 bits per heavy atom. The Hall–Kier alpha value is -3.11. The number of aliphatic hydroxyl groups is 1. The van der Waals surface area contributed by atoms with Crippen molar-refractivity contribution in [1.29, 1.82) is 0 Å². The molecule has 4 aliphatic rings. The lowest BCUT2D eigenvalue weighted by Crippen LogP contribution is -2.59. The Morgan fingerprint density at radius 1 is 0.838 bits per heavy atom. The van der Waals surface area contributed by atoms with E-state index in [4.69, 9.17) is 28.1 Å². The van der Waals surface area contributed by atoms with E-state index in [1.54, 1.807) is 28.3 Å². The van der Waals surface area contributed by atoms with Gasteiger partial charge in [0.2, 0.25) is 5.79 Å². The number of rotatable bonds is 8. The Morgan fingerprint density at radius 2 is 1.54 bits per heavy atom. The first-order chi connectivity index (χ1) is 32.0. The van der Waals surface area contributed by atoms with Gasteiger partial charge in [0.15, 0.2) is 14.1 Å². The highest BCUT2D eigenvalue weighted by molar-refractivity contribution is 6.69. The minimum atomic E-state index is -2.34. The maximum Gasteiger partial charge on any atom is 0.311 e. The number of ether oxygens (including phenoxy) is 5. The van der Waals surface area contributed by atoms with Crippen LogP contribution in [0.4, 0.5) is 0 Å². The second-order valence-corrected chi connectivity index (χ2v) is 26.3. The third kappa shape index (κ3) is 16.5. The normalized spacial score (nSPS) is 37.6. The molecular weight excluding hydrogens is 883 g/mol. The Bertz CT molecular complexity index is 1840. The SMILES string of the molecule is CO[C@H]1C[C@@H]2CC[C@@H](C)[C@@](O)(O2)C(=O)C(=O)N2CCCC(C2)C(=O)O[C@H]([C@H](C)C[C@@H]2CC[C@@H](O[Si](C)(C)C)[C@H](OC)C2)CC(=O)[C@H](C)/C=C(\C)C[C@@H](OC)C(=O)[C@H](C)C[C@H](C)/C=C/C=C/C=C1C. The van der Waals surface area contributed by atoms with Gasteiger partial charge in [-0.3, -0.25) is 24.0 Å². The number of hydrogen-bond donors (Lipinski definition) is 1. The molecule has 0 aromatic rings. The average Bonchev–Trinajstić information content (AvgIpc) is 3.29. The van der Waals surface area contributed by atoms with E-state index in [0.717, 1.165) is 30.4 Å². The monoisotopic (exact) mass is 970 g/mol. The molecule has 13 nitrogen and oxygen atoms in total. The molecule has 3 heterocycles. The lowest BCUT2D eigenvalue weighted by Gasteiger charge is -2.42. The first-order valence-corrected chi connectivity index (χ1v) is 28.9. The summed E-state index contributed by atoms with van der Waals surface area (Å²) in [4.78, 5) is 71.5. The zero-order valence-electron chi connectivity index (χ0n) is 43.8. The van der Waals surface area contributed by atoms with E-state index >= 15 is 0 Å². The van der Waals surface area contributed by atoms with Gasteiger partial charge >= 0.3 is 5.97 Å². The van der Waals surface area contributed by atoms with Gasteiger partial charge in [-0.25, -0.2) is 0 Å². The number of hydrogen-bond acceptors (Lipinski definition) is 12. The number of allylic oxidation sites excluding steroid dienone is 6. The van der Waals surface area contributed by atoms with Crippen LogP contribution in [0.15, 0.2) is 47.6 Å². The molecule has 4 rings (SSSR count). The van der Waals surface area contributed by atoms with Gasteiger partial charge in [0.1, 0.15) is 18.0 Å². The van der Waals surface area contributed by atoms with Crippen molar-refractivity contribution in [2.75, 3.05) is 34.4 Å². The topological polar surface area (TPSA) is 164 Å². The Balaban J connectivity index is 1.64. The summed E-state index contributed by atoms with van der Waals surface area (Å²) in [6, 6.07) is 0. The van der Waals surface area contributed by atoms with Crippen LogP contribution in [0.2, 0.25) is 19.6 Å². The molecule has 0 spiro atoms. The van der Waals surface area contributed by atoms with Crippen LogP contribution in [-0.2, 0) is 52.1 Å². The van der Waals surface area contributed by atoms with Gasteiger partial charge < -0.3 is 38.1 Å². The quantitative estimate of drug-likeness (QED) is 0.107. The van der Waals surface area contributed by atoms with E-state index in [1.165, 1.54) is 4.90 Å². The van der Waals surface area contributed by atoms with Crippen molar-refractivity contribution in [3.05, 3.63) is 47.6 Å². The molecule has 3 aliphatic heterocycles. The Kier molecular flexibility index (Phi) is 22.3. The van der Waals surface area contributed by atoms with Gasteiger partial charge in [-0.2, -0.15) is 0 Å². The van der Waals surface area contributed by atoms with Gasteiger partial charge in [0, 0.05) is 71.4 Å². The molecule has 1 unspecified atom stereocenters. The third-order valence-electron chi connectivity index (χ3n) is 14.8. The van der Waals surface area contributed by atoms with Crippen LogP contribution >= 0.6 is 0 Å². The molecule has 3 fully saturated rings. The van der Waals surface area contributed by atoms with Gasteiger partial charge in [-0.15, -0.1) is 0 Å². The molecule has 0 aromatic carbocycles. The summed E-state index contributed by atoms with van der Waals surface area (Å²) in [7, 11) is 3.07. The van der Waals surface area contributed by atoms with Crippen molar-refractivity contribution in [1.82, 2.24) is 4.90 Å². The first kappa shape index (κ1) is 57.5. The molecule has 384 valence electrons. The summed E-state index contributed by atoms with van der Waals surface area (Å²) in [5.74, 6) is -6.87. The number of fused-ring (bicyclic) bond motifs is 4. The maximum absolute atomic E-state index is 14.3. The zero-order chi connectivity index (χ0) is 50.5. The minimum Gasteiger partial charge on any atom is -0.461 e. The van der Waals surface area contributed by atoms with E-state index in [0.29, 0.717) is 51.4 Å². The van der Waals surface area contributed by atoms with Crippen molar-refractivity contribution in [3.63, 3.8) is 0 Å². The number of amides is 1. The number of ketones is 3. The van der Waals surface area contributed by atoms with Crippen molar-refractivity contribution in [2.45, 2.75) is 188 Å². The van der Waals surface area contributed by atoms with Gasteiger partial charge in [-0.05, 0) is 115 Å². The number of nitrogens with zero attached hydrogens (tertiary/aromatic N) is 1. The lowest BCUT2D eigenvalue weighted by atomic mass is 9.78. The van der Waals surface area contributed by atoms with Gasteiger partial charge in [0.25, 0.3) is 11.7 Å². The fourth-order valence-electron chi connectivity index (χ4n) is 10.6. The largest absolute Gasteiger partial charge is 0.461 e. The molecule has 14 atom stereocenters. The summed E-state index contributed by atoms with van der Waals surface area (Å²) in [6.45, 7) is 20.1. The number of piperidine rings is 1. The lowest BCUT2D eigenvalue weighted by molar-refractivity contribution is -0.265. The highest BCUT2D eigenvalue weighted by Crippen LogP contribution is 2.38.